The van der Waals surface area contributed by atoms with E-state index < -0.39 is 0 Å². The SMILES string of the molecule is Cc1noc(C)c1CN(C)C(=O)C1(C(C)C)CCNC1. The Bertz CT molecular complexity index is 468. The van der Waals surface area contributed by atoms with Crippen LogP contribution in [0.1, 0.15) is 37.3 Å². The highest BCUT2D eigenvalue weighted by Gasteiger charge is 2.45. The molecule has 0 radical (unpaired) electrons. The van der Waals surface area contributed by atoms with Gasteiger partial charge in [0.05, 0.1) is 17.7 Å². The molecule has 0 saturated carbocycles. The van der Waals surface area contributed by atoms with Crippen LogP contribution >= 0.6 is 0 Å². The summed E-state index contributed by atoms with van der Waals surface area (Å²) in [6.45, 7) is 10.3. The summed E-state index contributed by atoms with van der Waals surface area (Å²) in [5.74, 6) is 1.35. The Morgan fingerprint density at radius 1 is 1.50 bits per heavy atom. The molecule has 1 saturated heterocycles. The van der Waals surface area contributed by atoms with Crippen molar-refractivity contribution in [1.29, 1.82) is 0 Å². The zero-order valence-corrected chi connectivity index (χ0v) is 13.1. The summed E-state index contributed by atoms with van der Waals surface area (Å²) in [6.07, 6.45) is 0.912. The molecule has 0 spiro atoms. The van der Waals surface area contributed by atoms with Gasteiger partial charge in [-0.3, -0.25) is 4.79 Å². The molecule has 0 aliphatic carbocycles. The lowest BCUT2D eigenvalue weighted by Crippen LogP contribution is -2.46. The van der Waals surface area contributed by atoms with Crippen molar-refractivity contribution < 1.29 is 9.32 Å². The van der Waals surface area contributed by atoms with E-state index in [1.807, 2.05) is 25.8 Å². The van der Waals surface area contributed by atoms with Gasteiger partial charge in [-0.2, -0.15) is 0 Å². The van der Waals surface area contributed by atoms with E-state index in [1.165, 1.54) is 0 Å². The molecular weight excluding hydrogens is 254 g/mol. The molecule has 1 N–H and O–H groups in total. The highest BCUT2D eigenvalue weighted by Crippen LogP contribution is 2.36. The van der Waals surface area contributed by atoms with E-state index in [9.17, 15) is 4.79 Å². The topological polar surface area (TPSA) is 58.4 Å². The molecule has 1 fully saturated rings. The molecule has 112 valence electrons. The zero-order valence-electron chi connectivity index (χ0n) is 13.1. The molecule has 1 aromatic rings. The first kappa shape index (κ1) is 15.0. The number of carbonyl (C=O) groups is 1. The van der Waals surface area contributed by atoms with E-state index in [-0.39, 0.29) is 11.3 Å². The third-order valence-electron chi connectivity index (χ3n) is 4.64. The molecule has 2 heterocycles. The van der Waals surface area contributed by atoms with Gasteiger partial charge in [0, 0.05) is 19.2 Å². The lowest BCUT2D eigenvalue weighted by Gasteiger charge is -2.35. The van der Waals surface area contributed by atoms with Crippen LogP contribution in [0.3, 0.4) is 0 Å². The summed E-state index contributed by atoms with van der Waals surface area (Å²) in [6, 6.07) is 0. The third kappa shape index (κ3) is 2.46. The van der Waals surface area contributed by atoms with Gasteiger partial charge in [-0.1, -0.05) is 19.0 Å². The molecule has 1 amide bonds. The minimum Gasteiger partial charge on any atom is -0.361 e. The first-order valence-electron chi connectivity index (χ1n) is 7.26. The molecule has 2 rings (SSSR count). The molecule has 5 nitrogen and oxygen atoms in total. The number of aryl methyl sites for hydroxylation is 2. The predicted molar refractivity (Wildman–Crippen MR) is 77.2 cm³/mol. The summed E-state index contributed by atoms with van der Waals surface area (Å²) in [7, 11) is 1.87. The maximum absolute atomic E-state index is 12.9. The van der Waals surface area contributed by atoms with E-state index >= 15 is 0 Å². The Morgan fingerprint density at radius 3 is 2.65 bits per heavy atom. The molecule has 20 heavy (non-hydrogen) atoms. The number of hydrogen-bond acceptors (Lipinski definition) is 4. The monoisotopic (exact) mass is 279 g/mol. The number of aromatic nitrogens is 1. The summed E-state index contributed by atoms with van der Waals surface area (Å²) in [4.78, 5) is 14.7. The molecule has 1 aromatic heterocycles. The molecule has 0 bridgehead atoms. The fraction of sp³-hybridized carbons (Fsp3) is 0.733. The van der Waals surface area contributed by atoms with Crippen LogP contribution in [0.2, 0.25) is 0 Å². The van der Waals surface area contributed by atoms with Crippen LogP contribution in [-0.2, 0) is 11.3 Å². The Balaban J connectivity index is 2.16. The van der Waals surface area contributed by atoms with Crippen molar-refractivity contribution in [3.05, 3.63) is 17.0 Å². The average Bonchev–Trinajstić information content (AvgIpc) is 3.00. The van der Waals surface area contributed by atoms with Crippen molar-refractivity contribution >= 4 is 5.91 Å². The van der Waals surface area contributed by atoms with E-state index in [0.717, 1.165) is 36.5 Å². The van der Waals surface area contributed by atoms with Crippen LogP contribution < -0.4 is 5.32 Å². The van der Waals surface area contributed by atoms with Crippen molar-refractivity contribution in [2.75, 3.05) is 20.1 Å². The fourth-order valence-electron chi connectivity index (χ4n) is 3.05. The van der Waals surface area contributed by atoms with Gasteiger partial charge in [-0.25, -0.2) is 0 Å². The maximum Gasteiger partial charge on any atom is 0.230 e. The first-order chi connectivity index (χ1) is 9.38. The fourth-order valence-corrected chi connectivity index (χ4v) is 3.05. The number of carbonyl (C=O) groups excluding carboxylic acids is 1. The van der Waals surface area contributed by atoms with Crippen molar-refractivity contribution in [3.8, 4) is 0 Å². The maximum atomic E-state index is 12.9. The van der Waals surface area contributed by atoms with Gasteiger partial charge >= 0.3 is 0 Å². The van der Waals surface area contributed by atoms with Crippen LogP contribution in [0.5, 0.6) is 0 Å². The largest absolute Gasteiger partial charge is 0.361 e. The minimum atomic E-state index is -0.270. The summed E-state index contributed by atoms with van der Waals surface area (Å²) < 4.78 is 5.17. The molecular formula is C15H25N3O2. The lowest BCUT2D eigenvalue weighted by molar-refractivity contribution is -0.142. The van der Waals surface area contributed by atoms with E-state index in [1.54, 1.807) is 0 Å². The first-order valence-corrected chi connectivity index (χ1v) is 7.26. The van der Waals surface area contributed by atoms with Crippen LogP contribution in [0.25, 0.3) is 0 Å². The minimum absolute atomic E-state index is 0.220. The second-order valence-corrected chi connectivity index (χ2v) is 6.20. The van der Waals surface area contributed by atoms with Gasteiger partial charge in [-0.15, -0.1) is 0 Å². The second-order valence-electron chi connectivity index (χ2n) is 6.20. The molecule has 5 heteroatoms. The predicted octanol–water partition coefficient (Wildman–Crippen LogP) is 1.89. The van der Waals surface area contributed by atoms with Gasteiger partial charge in [0.25, 0.3) is 0 Å². The van der Waals surface area contributed by atoms with Gasteiger partial charge in [-0.05, 0) is 32.7 Å². The number of rotatable bonds is 4. The molecule has 0 aromatic carbocycles. The van der Waals surface area contributed by atoms with E-state index in [4.69, 9.17) is 4.52 Å². The lowest BCUT2D eigenvalue weighted by atomic mass is 9.75. The number of nitrogens with zero attached hydrogens (tertiary/aromatic N) is 2. The van der Waals surface area contributed by atoms with Gasteiger partial charge in [0.15, 0.2) is 0 Å². The summed E-state index contributed by atoms with van der Waals surface area (Å²) in [5, 5.41) is 7.29. The Hall–Kier alpha value is -1.36. The van der Waals surface area contributed by atoms with Crippen molar-refractivity contribution in [2.45, 2.75) is 40.7 Å². The standard InChI is InChI=1S/C15H25N3O2/c1-10(2)15(6-7-16-9-15)14(19)18(5)8-13-11(3)17-20-12(13)4/h10,16H,6-9H2,1-5H3. The van der Waals surface area contributed by atoms with Crippen molar-refractivity contribution in [3.63, 3.8) is 0 Å². The number of amides is 1. The highest BCUT2D eigenvalue weighted by molar-refractivity contribution is 5.83. The number of nitrogens with one attached hydrogen (secondary N) is 1. The smallest absolute Gasteiger partial charge is 0.230 e. The van der Waals surface area contributed by atoms with Crippen molar-refractivity contribution in [1.82, 2.24) is 15.4 Å². The van der Waals surface area contributed by atoms with Gasteiger partial charge < -0.3 is 14.7 Å². The van der Waals surface area contributed by atoms with Gasteiger partial charge in [0.2, 0.25) is 5.91 Å². The summed E-state index contributed by atoms with van der Waals surface area (Å²) >= 11 is 0. The Kier molecular flexibility index (Phi) is 4.18. The molecule has 1 aliphatic rings. The van der Waals surface area contributed by atoms with Crippen LogP contribution in [0.15, 0.2) is 4.52 Å². The second kappa shape index (κ2) is 5.56. The average molecular weight is 279 g/mol. The van der Waals surface area contributed by atoms with Crippen LogP contribution in [0.4, 0.5) is 0 Å². The number of hydrogen-bond donors (Lipinski definition) is 1. The quantitative estimate of drug-likeness (QED) is 0.914. The van der Waals surface area contributed by atoms with E-state index in [0.29, 0.717) is 12.5 Å². The third-order valence-corrected chi connectivity index (χ3v) is 4.64. The van der Waals surface area contributed by atoms with E-state index in [2.05, 4.69) is 24.3 Å². The highest BCUT2D eigenvalue weighted by atomic mass is 16.5. The molecule has 1 atom stereocenters. The molecule has 1 aliphatic heterocycles. The summed E-state index contributed by atoms with van der Waals surface area (Å²) in [5.41, 5.74) is 1.62. The van der Waals surface area contributed by atoms with Gasteiger partial charge in [0.1, 0.15) is 5.76 Å². The normalized spacial score (nSPS) is 22.5. The van der Waals surface area contributed by atoms with Crippen LogP contribution in [0, 0.1) is 25.2 Å². The van der Waals surface area contributed by atoms with Crippen LogP contribution in [-0.4, -0.2) is 36.1 Å². The molecule has 1 unspecified atom stereocenters. The van der Waals surface area contributed by atoms with Crippen molar-refractivity contribution in [2.24, 2.45) is 11.3 Å². The Morgan fingerprint density at radius 2 is 2.20 bits per heavy atom. The Labute approximate surface area is 120 Å². The zero-order chi connectivity index (χ0) is 14.9.